The number of ether oxygens (including phenoxy) is 1. The van der Waals surface area contributed by atoms with Crippen molar-refractivity contribution in [3.8, 4) is 5.75 Å². The van der Waals surface area contributed by atoms with Crippen molar-refractivity contribution in [2.75, 3.05) is 7.11 Å². The van der Waals surface area contributed by atoms with Crippen LogP contribution in [0.4, 0.5) is 0 Å². The topological polar surface area (TPSA) is 66.6 Å². The van der Waals surface area contributed by atoms with Gasteiger partial charge in [-0.1, -0.05) is 17.4 Å². The van der Waals surface area contributed by atoms with Crippen molar-refractivity contribution in [1.29, 1.82) is 0 Å². The number of aromatic nitrogens is 4. The summed E-state index contributed by atoms with van der Waals surface area (Å²) in [6.07, 6.45) is 0. The summed E-state index contributed by atoms with van der Waals surface area (Å²) < 4.78 is 5.58. The number of hydrogen-bond acceptors (Lipinski definition) is 5. The number of thiol groups is 1. The van der Waals surface area contributed by atoms with Crippen LogP contribution in [0.1, 0.15) is 0 Å². The first-order chi connectivity index (χ1) is 8.19. The maximum Gasteiger partial charge on any atom is 0.144 e. The summed E-state index contributed by atoms with van der Waals surface area (Å²) in [7, 11) is 1.68. The summed E-state index contributed by atoms with van der Waals surface area (Å²) in [5.74, 6) is 0.938. The Hall–Kier alpha value is -1.60. The maximum atomic E-state index is 5.03. The Morgan fingerprint density at radius 3 is 2.53 bits per heavy atom. The van der Waals surface area contributed by atoms with Crippen molar-refractivity contribution in [2.45, 2.75) is 5.03 Å². The van der Waals surface area contributed by atoms with Crippen molar-refractivity contribution in [3.05, 3.63) is 28.9 Å². The highest BCUT2D eigenvalue weighted by atomic mass is 32.1. The second-order valence-electron chi connectivity index (χ2n) is 3.22. The van der Waals surface area contributed by atoms with Crippen LogP contribution in [0.15, 0.2) is 29.3 Å². The monoisotopic (exact) mass is 266 g/mol. The minimum atomic E-state index is 0.536. The van der Waals surface area contributed by atoms with E-state index in [1.54, 1.807) is 13.2 Å². The van der Waals surface area contributed by atoms with Gasteiger partial charge in [-0.25, -0.2) is 5.10 Å². The average Bonchev–Trinajstić information content (AvgIpc) is 2.90. The zero-order chi connectivity index (χ0) is 12.3. The second kappa shape index (κ2) is 5.15. The van der Waals surface area contributed by atoms with E-state index in [0.29, 0.717) is 9.67 Å². The van der Waals surface area contributed by atoms with E-state index in [-0.39, 0.29) is 0 Å². The van der Waals surface area contributed by atoms with Crippen LogP contribution in [0.5, 0.6) is 5.75 Å². The molecule has 0 amide bonds. The zero-order valence-corrected chi connectivity index (χ0v) is 10.7. The van der Waals surface area contributed by atoms with Crippen LogP contribution < -0.4 is 4.74 Å². The summed E-state index contributed by atoms with van der Waals surface area (Å²) >= 11 is 8.59. The number of benzene rings is 1. The largest absolute Gasteiger partial charge is 0.494 e. The van der Waals surface area contributed by atoms with Gasteiger partial charge in [0.1, 0.15) is 15.4 Å². The molecule has 2 bridgehead atoms. The molecule has 7 heteroatoms. The van der Waals surface area contributed by atoms with E-state index >= 15 is 0 Å². The molecule has 0 aliphatic rings. The van der Waals surface area contributed by atoms with E-state index in [1.165, 1.54) is 0 Å². The van der Waals surface area contributed by atoms with Gasteiger partial charge >= 0.3 is 0 Å². The molecule has 3 heterocycles. The zero-order valence-electron chi connectivity index (χ0n) is 8.97. The highest BCUT2D eigenvalue weighted by molar-refractivity contribution is 7.80. The van der Waals surface area contributed by atoms with Crippen LogP contribution >= 0.6 is 24.8 Å². The highest BCUT2D eigenvalue weighted by Crippen LogP contribution is 2.23. The molecule has 17 heavy (non-hydrogen) atoms. The molecule has 0 atom stereocenters. The van der Waals surface area contributed by atoms with Gasteiger partial charge in [0.05, 0.1) is 12.6 Å². The van der Waals surface area contributed by atoms with Crippen molar-refractivity contribution in [3.63, 3.8) is 0 Å². The molecule has 0 radical (unpaired) electrons. The fraction of sp³-hybridized carbons (Fsp3) is 0.100. The summed E-state index contributed by atoms with van der Waals surface area (Å²) in [5, 5.41) is 9.97. The number of methoxy groups -OCH3 is 1. The molecule has 0 spiro atoms. The molecule has 2 N–H and O–H groups in total. The smallest absolute Gasteiger partial charge is 0.144 e. The first kappa shape index (κ1) is 11.9. The molecule has 0 aromatic carbocycles. The van der Waals surface area contributed by atoms with Gasteiger partial charge < -0.3 is 9.72 Å². The summed E-state index contributed by atoms with van der Waals surface area (Å²) in [4.78, 5) is 3.13. The third-order valence-electron chi connectivity index (χ3n) is 2.05. The Balaban J connectivity index is 0.000000128. The lowest BCUT2D eigenvalue weighted by Crippen LogP contribution is -1.85. The Morgan fingerprint density at radius 2 is 2.18 bits per heavy atom. The standard InChI is InChI=1S/C7H7NO.C3H3N3S2/c1-9-7-4-5-2-3-6(7)8-5;7-2-1-3(8)5-6-4-2/h2-4,8H,1H3;1H,(H2,4,5,7,8). The maximum absolute atomic E-state index is 5.03. The number of nitrogens with zero attached hydrogens (tertiary/aromatic N) is 2. The quantitative estimate of drug-likeness (QED) is 0.467. The molecule has 3 rings (SSSR count). The average molecular weight is 266 g/mol. The van der Waals surface area contributed by atoms with Gasteiger partial charge in [-0.3, -0.25) is 0 Å². The van der Waals surface area contributed by atoms with Gasteiger partial charge in [-0.2, -0.15) is 0 Å². The van der Waals surface area contributed by atoms with Gasteiger partial charge in [0.15, 0.2) is 0 Å². The normalized spacial score (nSPS) is 10.0. The van der Waals surface area contributed by atoms with E-state index in [4.69, 9.17) is 17.0 Å². The lowest BCUT2D eigenvalue weighted by Gasteiger charge is -1.92. The van der Waals surface area contributed by atoms with Crippen LogP contribution in [0, 0.1) is 4.64 Å². The van der Waals surface area contributed by atoms with Gasteiger partial charge in [-0.15, -0.1) is 17.7 Å². The lowest BCUT2D eigenvalue weighted by molar-refractivity contribution is 0.420. The number of aromatic amines is 2. The first-order valence-corrected chi connectivity index (χ1v) is 5.61. The van der Waals surface area contributed by atoms with Crippen molar-refractivity contribution >= 4 is 35.9 Å². The summed E-state index contributed by atoms with van der Waals surface area (Å²) in [6, 6.07) is 7.63. The highest BCUT2D eigenvalue weighted by Gasteiger charge is 2.01. The third kappa shape index (κ3) is 2.95. The molecule has 0 saturated carbocycles. The molecular weight excluding hydrogens is 256 g/mol. The number of hydrogen-bond donors (Lipinski definition) is 3. The Labute approximate surface area is 108 Å². The summed E-state index contributed by atoms with van der Waals surface area (Å²) in [6.45, 7) is 0. The molecule has 0 aliphatic heterocycles. The first-order valence-electron chi connectivity index (χ1n) is 4.75. The molecule has 3 aromatic rings. The van der Waals surface area contributed by atoms with Crippen LogP contribution in [-0.4, -0.2) is 27.5 Å². The molecule has 0 unspecified atom stereocenters. The fourth-order valence-electron chi connectivity index (χ4n) is 1.33. The molecule has 88 valence electrons. The number of H-pyrrole nitrogens is 2. The molecule has 5 nitrogen and oxygen atoms in total. The van der Waals surface area contributed by atoms with Gasteiger partial charge in [0.25, 0.3) is 0 Å². The van der Waals surface area contributed by atoms with E-state index in [2.05, 4.69) is 33.0 Å². The van der Waals surface area contributed by atoms with Gasteiger partial charge in [0.2, 0.25) is 0 Å². The minimum absolute atomic E-state index is 0.536. The van der Waals surface area contributed by atoms with E-state index in [0.717, 1.165) is 16.8 Å². The van der Waals surface area contributed by atoms with E-state index < -0.39 is 0 Å². The Morgan fingerprint density at radius 1 is 1.35 bits per heavy atom. The Kier molecular flexibility index (Phi) is 3.60. The molecular formula is C10H10N4OS2. The SMILES string of the molecule is COc1cc2ccc1[nH]2.S=c1cc(S)nn[nH]1. The van der Waals surface area contributed by atoms with Crippen molar-refractivity contribution < 1.29 is 4.74 Å². The lowest BCUT2D eigenvalue weighted by atomic mass is 10.3. The Bertz CT molecular complexity index is 648. The van der Waals surface area contributed by atoms with Crippen LogP contribution in [-0.2, 0) is 0 Å². The number of rotatable bonds is 1. The van der Waals surface area contributed by atoms with Crippen LogP contribution in [0.2, 0.25) is 0 Å². The van der Waals surface area contributed by atoms with Crippen LogP contribution in [0.3, 0.4) is 0 Å². The third-order valence-corrected chi connectivity index (χ3v) is 2.48. The molecule has 3 aromatic heterocycles. The minimum Gasteiger partial charge on any atom is -0.494 e. The van der Waals surface area contributed by atoms with E-state index in [9.17, 15) is 0 Å². The molecule has 0 fully saturated rings. The number of fused-ring (bicyclic) bond motifs is 2. The predicted octanol–water partition coefficient (Wildman–Crippen LogP) is 2.44. The number of nitrogens with one attached hydrogen (secondary N) is 2. The van der Waals surface area contributed by atoms with Crippen LogP contribution in [0.25, 0.3) is 11.0 Å². The summed E-state index contributed by atoms with van der Waals surface area (Å²) in [5.41, 5.74) is 2.20. The fourth-order valence-corrected chi connectivity index (χ4v) is 1.75. The molecule has 0 aliphatic carbocycles. The van der Waals surface area contributed by atoms with Gasteiger partial charge in [-0.05, 0) is 12.1 Å². The van der Waals surface area contributed by atoms with Gasteiger partial charge in [0, 0.05) is 17.6 Å². The second-order valence-corrected chi connectivity index (χ2v) is 4.12. The van der Waals surface area contributed by atoms with Crippen molar-refractivity contribution in [2.24, 2.45) is 0 Å². The van der Waals surface area contributed by atoms with Crippen molar-refractivity contribution in [1.82, 2.24) is 20.4 Å². The predicted molar refractivity (Wildman–Crippen MR) is 70.5 cm³/mol. The molecule has 0 saturated heterocycles. The van der Waals surface area contributed by atoms with E-state index in [1.807, 2.05) is 18.2 Å².